The van der Waals surface area contributed by atoms with Crippen LogP contribution in [0.15, 0.2) is 158 Å². The summed E-state index contributed by atoms with van der Waals surface area (Å²) in [4.78, 5) is 10.0. The number of aromatic hydroxyl groups is 1. The molecule has 0 spiro atoms. The zero-order valence-corrected chi connectivity index (χ0v) is 28.9. The lowest BCUT2D eigenvalue weighted by Gasteiger charge is -2.22. The minimum Gasteiger partial charge on any atom is -0.507 e. The number of fused-ring (bicyclic) bond motifs is 1. The molecule has 0 aliphatic rings. The van der Waals surface area contributed by atoms with Crippen molar-refractivity contribution in [1.82, 2.24) is 14.5 Å². The molecule has 6 aromatic carbocycles. The molecule has 0 fully saturated rings. The van der Waals surface area contributed by atoms with Crippen LogP contribution in [-0.4, -0.2) is 19.6 Å². The Morgan fingerprint density at radius 2 is 1.37 bits per heavy atom. The maximum absolute atomic E-state index is 11.2. The fourth-order valence-corrected chi connectivity index (χ4v) is 6.67. The van der Waals surface area contributed by atoms with E-state index in [2.05, 4.69) is 92.9 Å². The predicted molar refractivity (Wildman–Crippen MR) is 211 cm³/mol. The number of aryl methyl sites for hydroxylation is 1. The van der Waals surface area contributed by atoms with Crippen LogP contribution in [0.25, 0.3) is 72.7 Å². The first-order valence-electron chi connectivity index (χ1n) is 19.5. The van der Waals surface area contributed by atoms with Crippen molar-refractivity contribution >= 4 is 11.0 Å². The molecule has 8 aromatic rings. The number of nitrogens with zero attached hydrogens (tertiary/aromatic N) is 3. The van der Waals surface area contributed by atoms with Gasteiger partial charge in [-0.25, -0.2) is 4.98 Å². The summed E-state index contributed by atoms with van der Waals surface area (Å²) in [6, 6.07) is 38.2. The zero-order chi connectivity index (χ0) is 39.5. The van der Waals surface area contributed by atoms with Gasteiger partial charge < -0.3 is 5.11 Å². The first-order valence-corrected chi connectivity index (χ1v) is 17.0. The Kier molecular flexibility index (Phi) is 6.72. The summed E-state index contributed by atoms with van der Waals surface area (Å²) in [5.41, 5.74) is 11.2. The summed E-state index contributed by atoms with van der Waals surface area (Å²) in [6.07, 6.45) is 1.61. The number of benzene rings is 6. The third-order valence-corrected chi connectivity index (χ3v) is 9.34. The Morgan fingerprint density at radius 3 is 2.14 bits per heavy atom. The SMILES string of the molecule is [2H]c1c([2H])c([2H])c(-c2ccnc(-c3cc(-c4cccc5c4nc(-c4ccccc4O)n5-c4ccc(-c5ccccc5)c(C)c4)cc(C(C)(C)C)c3)c2)c([2H])c1[2H]. The molecule has 4 heteroatoms. The molecule has 1 N–H and O–H groups in total. The largest absolute Gasteiger partial charge is 0.507 e. The van der Waals surface area contributed by atoms with Crippen LogP contribution < -0.4 is 0 Å². The van der Waals surface area contributed by atoms with E-state index < -0.39 is 6.04 Å². The van der Waals surface area contributed by atoms with Gasteiger partial charge in [0.05, 0.1) is 29.1 Å². The van der Waals surface area contributed by atoms with E-state index in [4.69, 9.17) is 16.8 Å². The molecule has 0 unspecified atom stereocenters. The highest BCUT2D eigenvalue weighted by Crippen LogP contribution is 2.40. The van der Waals surface area contributed by atoms with E-state index in [-0.39, 0.29) is 40.9 Å². The van der Waals surface area contributed by atoms with Crippen molar-refractivity contribution in [2.45, 2.75) is 33.1 Å². The summed E-state index contributed by atoms with van der Waals surface area (Å²) in [7, 11) is 0. The second-order valence-corrected chi connectivity index (χ2v) is 13.8. The smallest absolute Gasteiger partial charge is 0.149 e. The van der Waals surface area contributed by atoms with Gasteiger partial charge in [0.25, 0.3) is 0 Å². The summed E-state index contributed by atoms with van der Waals surface area (Å²) >= 11 is 0. The third-order valence-electron chi connectivity index (χ3n) is 9.34. The second kappa shape index (κ2) is 12.9. The molecule has 4 nitrogen and oxygen atoms in total. The maximum atomic E-state index is 11.2. The van der Waals surface area contributed by atoms with E-state index in [1.54, 1.807) is 30.5 Å². The molecule has 2 heterocycles. The molecule has 0 atom stereocenters. The highest BCUT2D eigenvalue weighted by Gasteiger charge is 2.22. The molecule has 0 amide bonds. The van der Waals surface area contributed by atoms with Crippen molar-refractivity contribution < 1.29 is 12.0 Å². The second-order valence-electron chi connectivity index (χ2n) is 13.8. The normalized spacial score (nSPS) is 13.0. The van der Waals surface area contributed by atoms with Gasteiger partial charge in [0.15, 0.2) is 0 Å². The Bertz CT molecular complexity index is 2790. The van der Waals surface area contributed by atoms with Crippen LogP contribution in [0, 0.1) is 6.92 Å². The number of phenolic OH excluding ortho intramolecular Hbond substituents is 1. The van der Waals surface area contributed by atoms with Gasteiger partial charge in [-0.15, -0.1) is 0 Å². The Morgan fingerprint density at radius 1 is 0.627 bits per heavy atom. The van der Waals surface area contributed by atoms with Crippen LogP contribution in [0.3, 0.4) is 0 Å². The Labute approximate surface area is 306 Å². The average Bonchev–Trinajstić information content (AvgIpc) is 3.59. The molecule has 0 aliphatic carbocycles. The summed E-state index contributed by atoms with van der Waals surface area (Å²) in [5.74, 6) is 0.739. The lowest BCUT2D eigenvalue weighted by Crippen LogP contribution is -2.11. The molecule has 2 aromatic heterocycles. The fourth-order valence-electron chi connectivity index (χ4n) is 6.67. The fraction of sp³-hybridized carbons (Fsp3) is 0.106. The van der Waals surface area contributed by atoms with E-state index in [0.29, 0.717) is 22.6 Å². The first kappa shape index (κ1) is 26.6. The van der Waals surface area contributed by atoms with Crippen LogP contribution in [0.1, 0.15) is 38.8 Å². The number of hydrogen-bond acceptors (Lipinski definition) is 3. The summed E-state index contributed by atoms with van der Waals surface area (Å²) in [6.45, 7) is 8.56. The zero-order valence-electron chi connectivity index (χ0n) is 33.9. The maximum Gasteiger partial charge on any atom is 0.149 e. The number of rotatable bonds is 6. The van der Waals surface area contributed by atoms with Gasteiger partial charge in [0.1, 0.15) is 11.6 Å². The molecule has 248 valence electrons. The molecule has 0 aliphatic heterocycles. The number of phenols is 1. The highest BCUT2D eigenvalue weighted by molar-refractivity contribution is 5.97. The standard InChI is InChI=1S/C47H39N3O/c1-31-26-38(22-23-39(31)33-16-9-6-10-17-33)50-43-20-13-19-40(45(43)49-46(50)41-18-11-12-21-44(41)51)35-27-36(29-37(28-35)47(2,3)4)42-30-34(24-25-48-42)32-14-7-5-8-15-32/h5-30,51H,1-4H3/i5D,7D,8D,14D,15D. The number of imidazole rings is 1. The summed E-state index contributed by atoms with van der Waals surface area (Å²) < 4.78 is 43.8. The van der Waals surface area contributed by atoms with Crippen LogP contribution in [0.4, 0.5) is 0 Å². The Hall–Kier alpha value is -6.26. The predicted octanol–water partition coefficient (Wildman–Crippen LogP) is 12.1. The molecule has 0 radical (unpaired) electrons. The van der Waals surface area contributed by atoms with Gasteiger partial charge in [-0.05, 0) is 106 Å². The van der Waals surface area contributed by atoms with Crippen LogP contribution in [0.2, 0.25) is 0 Å². The minimum atomic E-state index is -0.429. The highest BCUT2D eigenvalue weighted by atomic mass is 16.3. The van der Waals surface area contributed by atoms with Gasteiger partial charge in [0, 0.05) is 23.0 Å². The number of hydrogen-bond donors (Lipinski definition) is 1. The van der Waals surface area contributed by atoms with Crippen molar-refractivity contribution in [3.63, 3.8) is 0 Å². The molecular formula is C47H39N3O. The molecule has 0 saturated carbocycles. The lowest BCUT2D eigenvalue weighted by molar-refractivity contribution is 0.477. The quantitative estimate of drug-likeness (QED) is 0.192. The number of para-hydroxylation sites is 2. The molecule has 0 saturated heterocycles. The average molecular weight is 667 g/mol. The van der Waals surface area contributed by atoms with Crippen molar-refractivity contribution in [1.29, 1.82) is 0 Å². The van der Waals surface area contributed by atoms with E-state index >= 15 is 0 Å². The Balaban J connectivity index is 1.34. The van der Waals surface area contributed by atoms with Crippen LogP contribution in [-0.2, 0) is 5.41 Å². The molecule has 8 rings (SSSR count). The minimum absolute atomic E-state index is 0.130. The summed E-state index contributed by atoms with van der Waals surface area (Å²) in [5, 5.41) is 11.2. The van der Waals surface area contributed by atoms with E-state index in [1.807, 2.05) is 36.4 Å². The molecule has 0 bridgehead atoms. The van der Waals surface area contributed by atoms with E-state index in [9.17, 15) is 5.11 Å². The van der Waals surface area contributed by atoms with E-state index in [1.165, 1.54) is 0 Å². The van der Waals surface area contributed by atoms with Crippen molar-refractivity contribution in [2.75, 3.05) is 0 Å². The number of pyridine rings is 1. The third kappa shape index (κ3) is 6.10. The van der Waals surface area contributed by atoms with Crippen LogP contribution >= 0.6 is 0 Å². The molecular weight excluding hydrogens is 623 g/mol. The van der Waals surface area contributed by atoms with E-state index in [0.717, 1.165) is 55.7 Å². The van der Waals surface area contributed by atoms with Crippen molar-refractivity contribution in [3.05, 3.63) is 169 Å². The monoisotopic (exact) mass is 666 g/mol. The number of aromatic nitrogens is 3. The van der Waals surface area contributed by atoms with Crippen molar-refractivity contribution in [3.8, 4) is 67.5 Å². The topological polar surface area (TPSA) is 50.9 Å². The first-order chi connectivity index (χ1) is 26.8. The van der Waals surface area contributed by atoms with Gasteiger partial charge >= 0.3 is 0 Å². The van der Waals surface area contributed by atoms with Crippen LogP contribution in [0.5, 0.6) is 5.75 Å². The lowest BCUT2D eigenvalue weighted by atomic mass is 9.83. The van der Waals surface area contributed by atoms with Gasteiger partial charge in [0.2, 0.25) is 0 Å². The van der Waals surface area contributed by atoms with Gasteiger partial charge in [-0.3, -0.25) is 9.55 Å². The van der Waals surface area contributed by atoms with Gasteiger partial charge in [-0.2, -0.15) is 0 Å². The van der Waals surface area contributed by atoms with Crippen molar-refractivity contribution in [2.24, 2.45) is 0 Å². The molecule has 51 heavy (non-hydrogen) atoms. The van der Waals surface area contributed by atoms with Gasteiger partial charge in [-0.1, -0.05) is 118 Å².